The molecule has 2 atom stereocenters. The monoisotopic (exact) mass is 267 g/mol. The molecule has 0 radical (unpaired) electrons. The quantitative estimate of drug-likeness (QED) is 0.507. The third-order valence-corrected chi connectivity index (χ3v) is 3.05. The Hall–Kier alpha value is -1.21. The summed E-state index contributed by atoms with van der Waals surface area (Å²) >= 11 is 0. The van der Waals surface area contributed by atoms with E-state index in [1.54, 1.807) is 0 Å². The van der Waals surface area contributed by atoms with Crippen molar-refractivity contribution in [1.82, 2.24) is 0 Å². The van der Waals surface area contributed by atoms with Gasteiger partial charge in [0.1, 0.15) is 0 Å². The molecule has 1 aromatic rings. The van der Waals surface area contributed by atoms with E-state index in [4.69, 9.17) is 10.5 Å². The lowest BCUT2D eigenvalue weighted by atomic mass is 9.92. The van der Waals surface area contributed by atoms with Crippen molar-refractivity contribution in [2.24, 2.45) is 11.7 Å². The molecule has 0 amide bonds. The zero-order valence-electron chi connectivity index (χ0n) is 9.15. The molecule has 7 heteroatoms. The van der Waals surface area contributed by atoms with E-state index in [0.29, 0.717) is 13.0 Å². The molecule has 100 valence electrons. The number of hydrogen-bond donors (Lipinski definition) is 1. The van der Waals surface area contributed by atoms with Gasteiger partial charge in [-0.25, -0.2) is 22.0 Å². The fourth-order valence-corrected chi connectivity index (χ4v) is 1.99. The van der Waals surface area contributed by atoms with Crippen LogP contribution >= 0.6 is 0 Å². The highest BCUT2D eigenvalue weighted by Crippen LogP contribution is 2.33. The molecule has 1 heterocycles. The van der Waals surface area contributed by atoms with Gasteiger partial charge >= 0.3 is 0 Å². The van der Waals surface area contributed by atoms with Gasteiger partial charge in [0.15, 0.2) is 23.3 Å². The van der Waals surface area contributed by atoms with Crippen LogP contribution in [0.1, 0.15) is 18.0 Å². The van der Waals surface area contributed by atoms with Gasteiger partial charge in [-0.15, -0.1) is 0 Å². The van der Waals surface area contributed by atoms with Crippen LogP contribution in [-0.2, 0) is 4.74 Å². The summed E-state index contributed by atoms with van der Waals surface area (Å²) in [7, 11) is 0. The van der Waals surface area contributed by atoms with E-state index in [-0.39, 0.29) is 6.61 Å². The Kier molecular flexibility index (Phi) is 3.54. The van der Waals surface area contributed by atoms with Crippen molar-refractivity contribution < 1.29 is 26.7 Å². The van der Waals surface area contributed by atoms with E-state index in [2.05, 4.69) is 0 Å². The number of halogens is 5. The van der Waals surface area contributed by atoms with Crippen molar-refractivity contribution in [3.63, 3.8) is 0 Å². The maximum absolute atomic E-state index is 13.5. The largest absolute Gasteiger partial charge is 0.381 e. The third kappa shape index (κ3) is 1.97. The first-order chi connectivity index (χ1) is 8.45. The van der Waals surface area contributed by atoms with Gasteiger partial charge in [-0.1, -0.05) is 0 Å². The summed E-state index contributed by atoms with van der Waals surface area (Å²) in [5.41, 5.74) is 4.60. The molecule has 0 bridgehead atoms. The van der Waals surface area contributed by atoms with E-state index >= 15 is 0 Å². The summed E-state index contributed by atoms with van der Waals surface area (Å²) in [6, 6.07) is -1.28. The van der Waals surface area contributed by atoms with Gasteiger partial charge in [0, 0.05) is 24.1 Å². The highest BCUT2D eigenvalue weighted by atomic mass is 19.2. The van der Waals surface area contributed by atoms with Crippen molar-refractivity contribution in [2.75, 3.05) is 13.2 Å². The van der Waals surface area contributed by atoms with Crippen LogP contribution in [0.3, 0.4) is 0 Å². The molecule has 0 aliphatic carbocycles. The second-order valence-electron chi connectivity index (χ2n) is 4.13. The average molecular weight is 267 g/mol. The molecule has 1 aromatic carbocycles. The van der Waals surface area contributed by atoms with Crippen molar-refractivity contribution >= 4 is 0 Å². The lowest BCUT2D eigenvalue weighted by Crippen LogP contribution is -2.25. The molecule has 2 unspecified atom stereocenters. The van der Waals surface area contributed by atoms with Crippen LogP contribution in [0.25, 0.3) is 0 Å². The van der Waals surface area contributed by atoms with Crippen LogP contribution in [0.2, 0.25) is 0 Å². The summed E-state index contributed by atoms with van der Waals surface area (Å²) in [5, 5.41) is 0. The Morgan fingerprint density at radius 1 is 0.944 bits per heavy atom. The van der Waals surface area contributed by atoms with E-state index in [1.807, 2.05) is 0 Å². The molecule has 1 saturated heterocycles. The fourth-order valence-electron chi connectivity index (χ4n) is 1.99. The smallest absolute Gasteiger partial charge is 0.200 e. The van der Waals surface area contributed by atoms with Gasteiger partial charge in [-0.3, -0.25) is 0 Å². The highest BCUT2D eigenvalue weighted by molar-refractivity contribution is 5.27. The van der Waals surface area contributed by atoms with E-state index in [9.17, 15) is 22.0 Å². The average Bonchev–Trinajstić information content (AvgIpc) is 2.88. The van der Waals surface area contributed by atoms with Gasteiger partial charge in [-0.05, 0) is 6.42 Å². The zero-order valence-corrected chi connectivity index (χ0v) is 9.15. The van der Waals surface area contributed by atoms with Gasteiger partial charge in [0.05, 0.1) is 6.61 Å². The van der Waals surface area contributed by atoms with Gasteiger partial charge < -0.3 is 10.5 Å². The van der Waals surface area contributed by atoms with Crippen molar-refractivity contribution in [3.05, 3.63) is 34.6 Å². The number of ether oxygens (including phenoxy) is 1. The van der Waals surface area contributed by atoms with Crippen molar-refractivity contribution in [1.29, 1.82) is 0 Å². The Morgan fingerprint density at radius 2 is 1.44 bits per heavy atom. The first-order valence-corrected chi connectivity index (χ1v) is 5.29. The summed E-state index contributed by atoms with van der Waals surface area (Å²) in [6.07, 6.45) is 0.417. The summed E-state index contributed by atoms with van der Waals surface area (Å²) in [5.74, 6) is -10.3. The first-order valence-electron chi connectivity index (χ1n) is 5.29. The highest BCUT2D eigenvalue weighted by Gasteiger charge is 2.33. The molecule has 1 aliphatic rings. The maximum atomic E-state index is 13.5. The van der Waals surface area contributed by atoms with Crippen LogP contribution in [0.15, 0.2) is 0 Å². The number of benzene rings is 1. The lowest BCUT2D eigenvalue weighted by molar-refractivity contribution is 0.179. The molecule has 1 aliphatic heterocycles. The second kappa shape index (κ2) is 4.81. The van der Waals surface area contributed by atoms with Crippen LogP contribution in [0, 0.1) is 35.0 Å². The van der Waals surface area contributed by atoms with Crippen LogP contribution < -0.4 is 5.73 Å². The van der Waals surface area contributed by atoms with E-state index in [0.717, 1.165) is 0 Å². The Labute approximate surface area is 99.5 Å². The minimum atomic E-state index is -2.18. The molecule has 2 nitrogen and oxygen atoms in total. The molecule has 0 spiro atoms. The minimum Gasteiger partial charge on any atom is -0.381 e. The van der Waals surface area contributed by atoms with Gasteiger partial charge in [0.2, 0.25) is 5.82 Å². The lowest BCUT2D eigenvalue weighted by Gasteiger charge is -2.19. The number of rotatable bonds is 2. The molecule has 2 rings (SSSR count). The third-order valence-electron chi connectivity index (χ3n) is 3.05. The minimum absolute atomic E-state index is 0.140. The molecular weight excluding hydrogens is 257 g/mol. The number of hydrogen-bond acceptors (Lipinski definition) is 2. The Bertz CT molecular complexity index is 444. The van der Waals surface area contributed by atoms with Gasteiger partial charge in [0.25, 0.3) is 0 Å². The van der Waals surface area contributed by atoms with E-state index < -0.39 is 46.6 Å². The second-order valence-corrected chi connectivity index (χ2v) is 4.13. The van der Waals surface area contributed by atoms with Crippen LogP contribution in [0.4, 0.5) is 22.0 Å². The zero-order chi connectivity index (χ0) is 13.4. The molecule has 18 heavy (non-hydrogen) atoms. The Balaban J connectivity index is 2.49. The molecule has 2 N–H and O–H groups in total. The number of nitrogens with two attached hydrogens (primary N) is 1. The van der Waals surface area contributed by atoms with Crippen LogP contribution in [0.5, 0.6) is 0 Å². The molecule has 0 saturated carbocycles. The molecule has 0 aromatic heterocycles. The molecular formula is C11H10F5NO. The molecule has 1 fully saturated rings. The predicted octanol–water partition coefficient (Wildman–Crippen LogP) is 2.42. The van der Waals surface area contributed by atoms with Gasteiger partial charge in [-0.2, -0.15) is 0 Å². The van der Waals surface area contributed by atoms with E-state index in [1.165, 1.54) is 0 Å². The summed E-state index contributed by atoms with van der Waals surface area (Å²) in [4.78, 5) is 0. The standard InChI is InChI=1S/C11H10F5NO/c12-6-5(11(17)4-1-2-18-3-4)7(13)9(15)10(16)8(6)14/h4,11H,1-3,17H2. The maximum Gasteiger partial charge on any atom is 0.200 e. The topological polar surface area (TPSA) is 35.2 Å². The Morgan fingerprint density at radius 3 is 1.89 bits per heavy atom. The van der Waals surface area contributed by atoms with Crippen molar-refractivity contribution in [3.8, 4) is 0 Å². The summed E-state index contributed by atoms with van der Waals surface area (Å²) < 4.78 is 70.8. The fraction of sp³-hybridized carbons (Fsp3) is 0.455. The first kappa shape index (κ1) is 13.2. The van der Waals surface area contributed by atoms with Crippen LogP contribution in [-0.4, -0.2) is 13.2 Å². The predicted molar refractivity (Wildman–Crippen MR) is 52.1 cm³/mol. The van der Waals surface area contributed by atoms with Crippen molar-refractivity contribution in [2.45, 2.75) is 12.5 Å². The summed E-state index contributed by atoms with van der Waals surface area (Å²) in [6.45, 7) is 0.494. The normalized spacial score (nSPS) is 21.3. The SMILES string of the molecule is NC(c1c(F)c(F)c(F)c(F)c1F)C1CCOC1.